The smallest absolute Gasteiger partial charge is 0.230 e. The van der Waals surface area contributed by atoms with Crippen LogP contribution in [0, 0.1) is 12.7 Å². The van der Waals surface area contributed by atoms with E-state index >= 15 is 0 Å². The predicted octanol–water partition coefficient (Wildman–Crippen LogP) is 2.12. The number of amides is 1. The van der Waals surface area contributed by atoms with E-state index in [0.29, 0.717) is 23.3 Å². The summed E-state index contributed by atoms with van der Waals surface area (Å²) >= 11 is 1.24. The van der Waals surface area contributed by atoms with Crippen molar-refractivity contribution in [1.82, 2.24) is 24.9 Å². The van der Waals surface area contributed by atoms with E-state index in [0.717, 1.165) is 23.2 Å². The van der Waals surface area contributed by atoms with Crippen molar-refractivity contribution in [3.63, 3.8) is 0 Å². The Bertz CT molecular complexity index is 941. The maximum absolute atomic E-state index is 12.9. The van der Waals surface area contributed by atoms with Crippen molar-refractivity contribution in [2.45, 2.75) is 32.0 Å². The molecule has 9 heteroatoms. The van der Waals surface area contributed by atoms with Gasteiger partial charge in [-0.05, 0) is 31.0 Å². The molecule has 0 fully saturated rings. The Morgan fingerprint density at radius 1 is 1.31 bits per heavy atom. The standard InChI is InChI=1S/C17H19FN6OS/c1-3-13-10(2)21-16(19)24-15(13)22-23-17(24)26-9-14(25)20-8-11-4-6-12(18)7-5-11/h4-7H,3,8-9H2,1-2H3,(H2,19,21)(H,20,25). The Kier molecular flexibility index (Phi) is 5.36. The van der Waals surface area contributed by atoms with Crippen molar-refractivity contribution in [1.29, 1.82) is 0 Å². The van der Waals surface area contributed by atoms with Crippen LogP contribution in [0.1, 0.15) is 23.7 Å². The number of halogens is 1. The molecule has 0 radical (unpaired) electrons. The molecule has 1 amide bonds. The number of nitrogen functional groups attached to an aromatic ring is 1. The van der Waals surface area contributed by atoms with Gasteiger partial charge in [0.25, 0.3) is 0 Å². The van der Waals surface area contributed by atoms with Gasteiger partial charge >= 0.3 is 0 Å². The topological polar surface area (TPSA) is 98.2 Å². The first kappa shape index (κ1) is 18.1. The van der Waals surface area contributed by atoms with Gasteiger partial charge in [0.2, 0.25) is 11.9 Å². The number of hydrogen-bond acceptors (Lipinski definition) is 6. The Morgan fingerprint density at radius 2 is 2.04 bits per heavy atom. The Labute approximate surface area is 154 Å². The van der Waals surface area contributed by atoms with Crippen LogP contribution < -0.4 is 11.1 Å². The van der Waals surface area contributed by atoms with Crippen LogP contribution in [-0.2, 0) is 17.8 Å². The summed E-state index contributed by atoms with van der Waals surface area (Å²) in [6, 6.07) is 5.99. The number of nitrogens with zero attached hydrogens (tertiary/aromatic N) is 4. The van der Waals surface area contributed by atoms with Crippen LogP contribution in [0.2, 0.25) is 0 Å². The quantitative estimate of drug-likeness (QED) is 0.642. The highest BCUT2D eigenvalue weighted by Crippen LogP contribution is 2.23. The third-order valence-corrected chi connectivity index (χ3v) is 4.87. The number of carbonyl (C=O) groups excluding carboxylic acids is 1. The molecule has 0 spiro atoms. The fraction of sp³-hybridized carbons (Fsp3) is 0.294. The van der Waals surface area contributed by atoms with Gasteiger partial charge in [-0.15, -0.1) is 10.2 Å². The molecule has 0 atom stereocenters. The molecule has 2 heterocycles. The summed E-state index contributed by atoms with van der Waals surface area (Å²) in [5, 5.41) is 11.6. The zero-order chi connectivity index (χ0) is 18.7. The molecule has 1 aromatic carbocycles. The minimum atomic E-state index is -0.304. The normalized spacial score (nSPS) is 11.0. The number of fused-ring (bicyclic) bond motifs is 1. The summed E-state index contributed by atoms with van der Waals surface area (Å²) in [6.45, 7) is 4.24. The third-order valence-electron chi connectivity index (χ3n) is 3.94. The zero-order valence-corrected chi connectivity index (χ0v) is 15.3. The van der Waals surface area contributed by atoms with E-state index in [4.69, 9.17) is 5.73 Å². The number of anilines is 1. The number of thioether (sulfide) groups is 1. The molecule has 0 saturated heterocycles. The van der Waals surface area contributed by atoms with Crippen LogP contribution in [-0.4, -0.2) is 31.2 Å². The summed E-state index contributed by atoms with van der Waals surface area (Å²) in [6.07, 6.45) is 0.767. The summed E-state index contributed by atoms with van der Waals surface area (Å²) in [5.41, 5.74) is 9.32. The lowest BCUT2D eigenvalue weighted by atomic mass is 10.2. The molecule has 3 rings (SSSR count). The van der Waals surface area contributed by atoms with Gasteiger partial charge in [0.15, 0.2) is 10.8 Å². The Hall–Kier alpha value is -2.68. The second-order valence-electron chi connectivity index (χ2n) is 5.72. The van der Waals surface area contributed by atoms with Crippen LogP contribution in [0.5, 0.6) is 0 Å². The molecule has 0 bridgehead atoms. The molecule has 0 aliphatic rings. The summed E-state index contributed by atoms with van der Waals surface area (Å²) < 4.78 is 14.6. The highest BCUT2D eigenvalue weighted by Gasteiger charge is 2.16. The average Bonchev–Trinajstić information content (AvgIpc) is 3.04. The lowest BCUT2D eigenvalue weighted by Gasteiger charge is -2.08. The van der Waals surface area contributed by atoms with Crippen molar-refractivity contribution < 1.29 is 9.18 Å². The third kappa shape index (κ3) is 3.77. The number of rotatable bonds is 6. The van der Waals surface area contributed by atoms with E-state index in [-0.39, 0.29) is 17.5 Å². The van der Waals surface area contributed by atoms with Crippen molar-refractivity contribution in [2.24, 2.45) is 0 Å². The van der Waals surface area contributed by atoms with Crippen LogP contribution in [0.3, 0.4) is 0 Å². The van der Waals surface area contributed by atoms with Gasteiger partial charge in [0.1, 0.15) is 5.82 Å². The number of nitrogens with two attached hydrogens (primary N) is 1. The number of benzene rings is 1. The molecular weight excluding hydrogens is 355 g/mol. The lowest BCUT2D eigenvalue weighted by molar-refractivity contribution is -0.118. The summed E-state index contributed by atoms with van der Waals surface area (Å²) in [7, 11) is 0. The molecular formula is C17H19FN6OS. The fourth-order valence-electron chi connectivity index (χ4n) is 2.61. The molecule has 2 aromatic heterocycles. The van der Waals surface area contributed by atoms with Crippen LogP contribution in [0.25, 0.3) is 5.65 Å². The Morgan fingerprint density at radius 3 is 2.73 bits per heavy atom. The van der Waals surface area contributed by atoms with Gasteiger partial charge in [0.05, 0.1) is 5.75 Å². The van der Waals surface area contributed by atoms with Gasteiger partial charge in [-0.3, -0.25) is 4.79 Å². The molecule has 0 aliphatic carbocycles. The minimum Gasteiger partial charge on any atom is -0.369 e. The predicted molar refractivity (Wildman–Crippen MR) is 98.3 cm³/mol. The van der Waals surface area contributed by atoms with Crippen molar-refractivity contribution in [3.05, 3.63) is 46.9 Å². The average molecular weight is 374 g/mol. The van der Waals surface area contributed by atoms with Gasteiger partial charge in [0, 0.05) is 17.8 Å². The first-order valence-electron chi connectivity index (χ1n) is 8.13. The van der Waals surface area contributed by atoms with Crippen LogP contribution in [0.4, 0.5) is 10.3 Å². The summed E-state index contributed by atoms with van der Waals surface area (Å²) in [5.74, 6) is -0.00177. The van der Waals surface area contributed by atoms with E-state index < -0.39 is 0 Å². The SMILES string of the molecule is CCc1c(C)nc(N)n2c(SCC(=O)NCc3ccc(F)cc3)nnc12. The second kappa shape index (κ2) is 7.69. The molecule has 26 heavy (non-hydrogen) atoms. The van der Waals surface area contributed by atoms with Gasteiger partial charge in [-0.25, -0.2) is 13.8 Å². The van der Waals surface area contributed by atoms with Gasteiger partial charge in [-0.2, -0.15) is 0 Å². The number of carbonyl (C=O) groups is 1. The number of aromatic nitrogens is 4. The van der Waals surface area contributed by atoms with E-state index in [9.17, 15) is 9.18 Å². The maximum Gasteiger partial charge on any atom is 0.230 e. The fourth-order valence-corrected chi connectivity index (χ4v) is 3.38. The largest absolute Gasteiger partial charge is 0.369 e. The molecule has 136 valence electrons. The molecule has 0 unspecified atom stereocenters. The number of nitrogens with one attached hydrogen (secondary N) is 1. The van der Waals surface area contributed by atoms with Crippen molar-refractivity contribution in [2.75, 3.05) is 11.5 Å². The van der Waals surface area contributed by atoms with Crippen LogP contribution in [0.15, 0.2) is 29.4 Å². The number of aryl methyl sites for hydroxylation is 2. The van der Waals surface area contributed by atoms with Crippen molar-refractivity contribution >= 4 is 29.3 Å². The number of hydrogen-bond donors (Lipinski definition) is 2. The lowest BCUT2D eigenvalue weighted by Crippen LogP contribution is -2.24. The van der Waals surface area contributed by atoms with E-state index in [2.05, 4.69) is 20.5 Å². The summed E-state index contributed by atoms with van der Waals surface area (Å²) in [4.78, 5) is 16.4. The Balaban J connectivity index is 1.66. The minimum absolute atomic E-state index is 0.162. The molecule has 7 nitrogen and oxygen atoms in total. The van der Waals surface area contributed by atoms with Crippen LogP contribution >= 0.6 is 11.8 Å². The van der Waals surface area contributed by atoms with E-state index in [1.165, 1.54) is 23.9 Å². The first-order valence-corrected chi connectivity index (χ1v) is 9.12. The molecule has 3 aromatic rings. The second-order valence-corrected chi connectivity index (χ2v) is 6.66. The van der Waals surface area contributed by atoms with Gasteiger partial charge in [-0.1, -0.05) is 30.8 Å². The molecule has 3 N–H and O–H groups in total. The zero-order valence-electron chi connectivity index (χ0n) is 14.5. The van der Waals surface area contributed by atoms with Gasteiger partial charge < -0.3 is 11.1 Å². The van der Waals surface area contributed by atoms with E-state index in [1.54, 1.807) is 16.5 Å². The maximum atomic E-state index is 12.9. The van der Waals surface area contributed by atoms with Crippen molar-refractivity contribution in [3.8, 4) is 0 Å². The molecule has 0 saturated carbocycles. The van der Waals surface area contributed by atoms with E-state index in [1.807, 2.05) is 13.8 Å². The molecule has 0 aliphatic heterocycles. The monoisotopic (exact) mass is 374 g/mol. The highest BCUT2D eigenvalue weighted by molar-refractivity contribution is 7.99. The first-order chi connectivity index (χ1) is 12.5. The highest BCUT2D eigenvalue weighted by atomic mass is 32.2.